The Hall–Kier alpha value is -1.49. The molecule has 3 rings (SSSR count). The van der Waals surface area contributed by atoms with Crippen LogP contribution in [0.2, 0.25) is 0 Å². The van der Waals surface area contributed by atoms with Crippen molar-refractivity contribution in [3.05, 3.63) is 42.1 Å². The minimum Gasteiger partial charge on any atom is -0.375 e. The molecule has 1 aliphatic heterocycles. The molecule has 2 heterocycles. The highest BCUT2D eigenvalue weighted by Gasteiger charge is 2.41. The third kappa shape index (κ3) is 2.55. The molecule has 5 unspecified atom stereocenters. The molecule has 1 aliphatic rings. The molecule has 0 radical (unpaired) electrons. The zero-order valence-corrected chi connectivity index (χ0v) is 12.8. The smallest absolute Gasteiger partial charge is 0.0705 e. The summed E-state index contributed by atoms with van der Waals surface area (Å²) in [5.41, 5.74) is 5.17. The summed E-state index contributed by atoms with van der Waals surface area (Å²) in [5.74, 6) is 6.68. The normalized spacial score (nSPS) is 30.7. The number of nitrogens with one attached hydrogen (secondary N) is 1. The molecule has 2 aromatic rings. The van der Waals surface area contributed by atoms with Gasteiger partial charge in [-0.15, -0.1) is 0 Å². The van der Waals surface area contributed by atoms with E-state index in [9.17, 15) is 0 Å². The highest BCUT2D eigenvalue weighted by atomic mass is 16.5. The van der Waals surface area contributed by atoms with E-state index in [4.69, 9.17) is 10.6 Å². The Bertz CT molecular complexity index is 630. The average molecular weight is 285 g/mol. The number of ether oxygens (including phenoxy) is 1. The van der Waals surface area contributed by atoms with Crippen molar-refractivity contribution >= 4 is 10.9 Å². The van der Waals surface area contributed by atoms with Crippen molar-refractivity contribution in [2.24, 2.45) is 17.7 Å². The van der Waals surface area contributed by atoms with E-state index in [2.05, 4.69) is 55.4 Å². The highest BCUT2D eigenvalue weighted by molar-refractivity contribution is 5.79. The van der Waals surface area contributed by atoms with Crippen LogP contribution in [0.15, 0.2) is 36.5 Å². The molecule has 1 fully saturated rings. The first kappa shape index (κ1) is 14.4. The standard InChI is InChI=1S/C17H23N3O/c1-10-11(2)21-12(3)16(10)17(20-18)14-7-6-13-5-4-8-19-15(13)9-14/h4-12,16-17,20H,18H2,1-3H3. The molecule has 4 nitrogen and oxygen atoms in total. The third-order valence-electron chi connectivity index (χ3n) is 4.87. The highest BCUT2D eigenvalue weighted by Crippen LogP contribution is 2.40. The van der Waals surface area contributed by atoms with Crippen LogP contribution in [-0.2, 0) is 4.74 Å². The van der Waals surface area contributed by atoms with E-state index in [-0.39, 0.29) is 18.2 Å². The maximum absolute atomic E-state index is 5.97. The number of pyridine rings is 1. The second-order valence-corrected chi connectivity index (χ2v) is 6.08. The van der Waals surface area contributed by atoms with Crippen LogP contribution < -0.4 is 11.3 Å². The summed E-state index contributed by atoms with van der Waals surface area (Å²) in [5, 5.41) is 1.15. The van der Waals surface area contributed by atoms with Crippen LogP contribution in [0.25, 0.3) is 10.9 Å². The number of benzene rings is 1. The second-order valence-electron chi connectivity index (χ2n) is 6.08. The lowest BCUT2D eigenvalue weighted by atomic mass is 9.80. The van der Waals surface area contributed by atoms with Crippen LogP contribution in [0.4, 0.5) is 0 Å². The van der Waals surface area contributed by atoms with Crippen molar-refractivity contribution in [3.63, 3.8) is 0 Å². The minimum absolute atomic E-state index is 0.0753. The number of nitrogens with two attached hydrogens (primary N) is 1. The molecule has 0 bridgehead atoms. The summed E-state index contributed by atoms with van der Waals surface area (Å²) < 4.78 is 5.97. The lowest BCUT2D eigenvalue weighted by Crippen LogP contribution is -2.38. The van der Waals surface area contributed by atoms with Gasteiger partial charge < -0.3 is 4.74 Å². The fraction of sp³-hybridized carbons (Fsp3) is 0.471. The minimum atomic E-state index is 0.0753. The first-order valence-electron chi connectivity index (χ1n) is 7.58. The maximum Gasteiger partial charge on any atom is 0.0705 e. The maximum atomic E-state index is 5.97. The van der Waals surface area contributed by atoms with Gasteiger partial charge in [-0.25, -0.2) is 0 Å². The zero-order valence-electron chi connectivity index (χ0n) is 12.8. The van der Waals surface area contributed by atoms with Crippen LogP contribution >= 0.6 is 0 Å². The van der Waals surface area contributed by atoms with E-state index in [1.165, 1.54) is 5.56 Å². The lowest BCUT2D eigenvalue weighted by molar-refractivity contribution is 0.0475. The first-order valence-corrected chi connectivity index (χ1v) is 7.58. The van der Waals surface area contributed by atoms with Crippen molar-refractivity contribution in [1.29, 1.82) is 0 Å². The molecule has 1 aromatic carbocycles. The van der Waals surface area contributed by atoms with Gasteiger partial charge in [0.25, 0.3) is 0 Å². The van der Waals surface area contributed by atoms with Gasteiger partial charge in [-0.05, 0) is 37.5 Å². The Morgan fingerprint density at radius 2 is 2.00 bits per heavy atom. The molecule has 0 amide bonds. The van der Waals surface area contributed by atoms with Crippen molar-refractivity contribution < 1.29 is 4.74 Å². The van der Waals surface area contributed by atoms with Gasteiger partial charge in [-0.3, -0.25) is 16.3 Å². The molecule has 1 aromatic heterocycles. The molecular weight excluding hydrogens is 262 g/mol. The van der Waals surface area contributed by atoms with Gasteiger partial charge in [-0.1, -0.05) is 25.1 Å². The Kier molecular flexibility index (Phi) is 3.93. The quantitative estimate of drug-likeness (QED) is 0.672. The summed E-state index contributed by atoms with van der Waals surface area (Å²) in [4.78, 5) is 4.44. The van der Waals surface area contributed by atoms with E-state index in [1.807, 2.05) is 12.3 Å². The average Bonchev–Trinajstić information content (AvgIpc) is 2.74. The SMILES string of the molecule is CC1OC(C)C(C(NN)c2ccc3cccnc3c2)C1C. The van der Waals surface area contributed by atoms with Crippen molar-refractivity contribution in [2.45, 2.75) is 39.0 Å². The molecule has 0 saturated carbocycles. The van der Waals surface area contributed by atoms with E-state index >= 15 is 0 Å². The summed E-state index contributed by atoms with van der Waals surface area (Å²) in [7, 11) is 0. The van der Waals surface area contributed by atoms with Crippen molar-refractivity contribution in [1.82, 2.24) is 10.4 Å². The number of aromatic nitrogens is 1. The van der Waals surface area contributed by atoms with Gasteiger partial charge in [0.2, 0.25) is 0 Å². The van der Waals surface area contributed by atoms with Crippen LogP contribution in [0.3, 0.4) is 0 Å². The summed E-state index contributed by atoms with van der Waals surface area (Å²) in [6.45, 7) is 6.51. The number of fused-ring (bicyclic) bond motifs is 1. The van der Waals surface area contributed by atoms with Crippen LogP contribution in [0.1, 0.15) is 32.4 Å². The number of nitrogens with zero attached hydrogens (tertiary/aromatic N) is 1. The van der Waals surface area contributed by atoms with E-state index in [0.717, 1.165) is 10.9 Å². The predicted octanol–water partition coefficient (Wildman–Crippen LogP) is 2.80. The van der Waals surface area contributed by atoms with Crippen LogP contribution in [0.5, 0.6) is 0 Å². The van der Waals surface area contributed by atoms with Crippen molar-refractivity contribution in [2.75, 3.05) is 0 Å². The van der Waals surface area contributed by atoms with Gasteiger partial charge in [0.05, 0.1) is 23.8 Å². The summed E-state index contributed by atoms with van der Waals surface area (Å²) in [6, 6.07) is 10.5. The number of rotatable bonds is 3. The Morgan fingerprint density at radius 1 is 1.19 bits per heavy atom. The van der Waals surface area contributed by atoms with Gasteiger partial charge in [0.1, 0.15) is 0 Å². The molecule has 112 valence electrons. The Labute approximate surface area is 125 Å². The summed E-state index contributed by atoms with van der Waals surface area (Å²) >= 11 is 0. The van der Waals surface area contributed by atoms with Gasteiger partial charge in [0, 0.05) is 17.5 Å². The number of hydrazine groups is 1. The van der Waals surface area contributed by atoms with E-state index < -0.39 is 0 Å². The number of hydrogen-bond donors (Lipinski definition) is 2. The Balaban J connectivity index is 1.98. The van der Waals surface area contributed by atoms with Gasteiger partial charge in [0.15, 0.2) is 0 Å². The fourth-order valence-corrected chi connectivity index (χ4v) is 3.57. The molecule has 4 heteroatoms. The largest absolute Gasteiger partial charge is 0.375 e. The first-order chi connectivity index (χ1) is 10.1. The van der Waals surface area contributed by atoms with Crippen molar-refractivity contribution in [3.8, 4) is 0 Å². The number of hydrogen-bond acceptors (Lipinski definition) is 4. The Morgan fingerprint density at radius 3 is 2.67 bits per heavy atom. The third-order valence-corrected chi connectivity index (χ3v) is 4.87. The topological polar surface area (TPSA) is 60.2 Å². The monoisotopic (exact) mass is 285 g/mol. The van der Waals surface area contributed by atoms with E-state index in [1.54, 1.807) is 0 Å². The van der Waals surface area contributed by atoms with Gasteiger partial charge >= 0.3 is 0 Å². The van der Waals surface area contributed by atoms with Crippen LogP contribution in [0, 0.1) is 11.8 Å². The fourth-order valence-electron chi connectivity index (χ4n) is 3.57. The molecule has 0 aliphatic carbocycles. The second kappa shape index (κ2) is 5.72. The molecular formula is C17H23N3O. The zero-order chi connectivity index (χ0) is 15.0. The van der Waals surface area contributed by atoms with Crippen LogP contribution in [-0.4, -0.2) is 17.2 Å². The summed E-state index contributed by atoms with van der Waals surface area (Å²) in [6.07, 6.45) is 2.28. The molecule has 3 N–H and O–H groups in total. The molecule has 21 heavy (non-hydrogen) atoms. The molecule has 1 saturated heterocycles. The molecule has 0 spiro atoms. The molecule has 5 atom stereocenters. The van der Waals surface area contributed by atoms with E-state index in [0.29, 0.717) is 11.8 Å². The van der Waals surface area contributed by atoms with Gasteiger partial charge in [-0.2, -0.15) is 0 Å². The predicted molar refractivity (Wildman–Crippen MR) is 84.5 cm³/mol. The lowest BCUT2D eigenvalue weighted by Gasteiger charge is -2.28.